The van der Waals surface area contributed by atoms with Crippen LogP contribution in [0.4, 0.5) is 5.13 Å². The van der Waals surface area contributed by atoms with Gasteiger partial charge in [-0.05, 0) is 41.3 Å². The summed E-state index contributed by atoms with van der Waals surface area (Å²) in [6.45, 7) is 13.8. The molecule has 1 aliphatic heterocycles. The number of hydrogen-bond acceptors (Lipinski definition) is 8. The molecule has 1 aliphatic rings. The second-order valence-corrected chi connectivity index (χ2v) is 11.6. The molecule has 3 atom stereocenters. The average molecular weight is 549 g/mol. The summed E-state index contributed by atoms with van der Waals surface area (Å²) in [7, 11) is 1.34. The summed E-state index contributed by atoms with van der Waals surface area (Å²) in [4.78, 5) is 37.5. The fourth-order valence-electron chi connectivity index (χ4n) is 4.70. The van der Waals surface area contributed by atoms with E-state index in [2.05, 4.69) is 28.4 Å². The minimum atomic E-state index is -0.766. The fourth-order valence-corrected chi connectivity index (χ4v) is 5.47. The quantitative estimate of drug-likeness (QED) is 0.264. The summed E-state index contributed by atoms with van der Waals surface area (Å²) in [6.07, 6.45) is 6.82. The van der Waals surface area contributed by atoms with Gasteiger partial charge in [-0.25, -0.2) is 14.8 Å². The highest BCUT2D eigenvalue weighted by Crippen LogP contribution is 2.32. The van der Waals surface area contributed by atoms with Gasteiger partial charge in [0.15, 0.2) is 5.13 Å². The van der Waals surface area contributed by atoms with Crippen LogP contribution >= 0.6 is 11.3 Å². The van der Waals surface area contributed by atoms with Gasteiger partial charge in [-0.15, -0.1) is 17.9 Å². The lowest BCUT2D eigenvalue weighted by Gasteiger charge is -2.35. The van der Waals surface area contributed by atoms with Crippen LogP contribution < -0.4 is 10.1 Å². The van der Waals surface area contributed by atoms with E-state index in [9.17, 15) is 9.59 Å². The van der Waals surface area contributed by atoms with Crippen molar-refractivity contribution in [2.24, 2.45) is 5.41 Å². The Morgan fingerprint density at radius 1 is 1.28 bits per heavy atom. The molecule has 0 unspecified atom stereocenters. The first-order valence-electron chi connectivity index (χ1n) is 13.0. The number of rotatable bonds is 10. The number of nitrogens with zero attached hydrogens (tertiary/aromatic N) is 3. The number of nitrogens with one attached hydrogen (secondary N) is 1. The van der Waals surface area contributed by atoms with E-state index in [-0.39, 0.29) is 12.5 Å². The normalized spacial score (nSPS) is 18.0. The molecule has 1 amide bonds. The zero-order chi connectivity index (χ0) is 28.2. The van der Waals surface area contributed by atoms with Crippen molar-refractivity contribution < 1.29 is 19.1 Å². The Bertz CT molecular complexity index is 1360. The predicted octanol–water partition coefficient (Wildman–Crippen LogP) is 5.50. The van der Waals surface area contributed by atoms with Crippen molar-refractivity contribution in [3.05, 3.63) is 66.3 Å². The largest absolute Gasteiger partial charge is 0.472 e. The predicted molar refractivity (Wildman–Crippen MR) is 156 cm³/mol. The number of fused-ring (bicyclic) bond motifs is 1. The smallest absolute Gasteiger partial charge is 0.328 e. The second kappa shape index (κ2) is 12.0. The molecule has 8 nitrogen and oxygen atoms in total. The van der Waals surface area contributed by atoms with E-state index in [0.29, 0.717) is 17.4 Å². The van der Waals surface area contributed by atoms with Crippen LogP contribution in [0.3, 0.4) is 0 Å². The lowest BCUT2D eigenvalue weighted by atomic mass is 9.85. The number of aromatic nitrogens is 2. The zero-order valence-corrected chi connectivity index (χ0v) is 23.8. The number of hydrogen-bond donors (Lipinski definition) is 1. The van der Waals surface area contributed by atoms with E-state index in [1.54, 1.807) is 17.2 Å². The maximum absolute atomic E-state index is 14.0. The zero-order valence-electron chi connectivity index (χ0n) is 23.0. The molecule has 0 bridgehead atoms. The van der Waals surface area contributed by atoms with Crippen molar-refractivity contribution in [3.63, 3.8) is 0 Å². The summed E-state index contributed by atoms with van der Waals surface area (Å²) in [5.41, 5.74) is 1.44. The molecule has 0 spiro atoms. The summed E-state index contributed by atoms with van der Waals surface area (Å²) < 4.78 is 11.4. The van der Waals surface area contributed by atoms with Gasteiger partial charge in [0.2, 0.25) is 11.8 Å². The van der Waals surface area contributed by atoms with Gasteiger partial charge in [-0.2, -0.15) is 0 Å². The number of amides is 1. The number of pyridine rings is 1. The highest BCUT2D eigenvalue weighted by atomic mass is 32.1. The number of anilines is 1. The van der Waals surface area contributed by atoms with Gasteiger partial charge in [-0.3, -0.25) is 4.79 Å². The molecular weight excluding hydrogens is 512 g/mol. The molecule has 1 N–H and O–H groups in total. The Morgan fingerprint density at radius 2 is 2.08 bits per heavy atom. The van der Waals surface area contributed by atoms with Gasteiger partial charge in [0.1, 0.15) is 18.2 Å². The Labute approximate surface area is 233 Å². The molecule has 3 aromatic rings. The van der Waals surface area contributed by atoms with Gasteiger partial charge in [0.05, 0.1) is 19.3 Å². The Hall–Kier alpha value is -3.72. The monoisotopic (exact) mass is 548 g/mol. The van der Waals surface area contributed by atoms with E-state index in [1.807, 2.05) is 56.5 Å². The number of benzene rings is 1. The van der Waals surface area contributed by atoms with Crippen molar-refractivity contribution in [2.45, 2.75) is 58.2 Å². The number of aryl methyl sites for hydroxylation is 1. The molecule has 0 radical (unpaired) electrons. The number of likely N-dealkylation sites (tertiary alicyclic amines) is 1. The highest BCUT2D eigenvalue weighted by Gasteiger charge is 2.46. The third kappa shape index (κ3) is 6.47. The first kappa shape index (κ1) is 28.3. The third-order valence-electron chi connectivity index (χ3n) is 6.82. The molecule has 206 valence electrons. The van der Waals surface area contributed by atoms with Gasteiger partial charge >= 0.3 is 5.97 Å². The molecule has 1 aromatic carbocycles. The number of carbonyl (C=O) groups excluding carboxylic acids is 2. The molecule has 9 heteroatoms. The number of thiazole rings is 1. The van der Waals surface area contributed by atoms with E-state index < -0.39 is 29.6 Å². The van der Waals surface area contributed by atoms with E-state index >= 15 is 0 Å². The van der Waals surface area contributed by atoms with Crippen molar-refractivity contribution in [3.8, 4) is 5.88 Å². The summed E-state index contributed by atoms with van der Waals surface area (Å²) >= 11 is 1.46. The standard InChI is InChI=1S/C30H36N4O4S/c1-7-9-10-21-18-39-29(32-21)33-25(30(3,4)5)27(35)34-17-22(16-24(34)28(36)37-6)38-26-23-15-19(8-2)11-12-20(23)13-14-31-26/h7-8,11-15,18,22,24-25H,1-2,9-10,16-17H2,3-6H3,(H,32,33)/t22-,24+,25-/m1/s1. The number of allylic oxidation sites excluding steroid dienone is 1. The number of methoxy groups -OCH3 is 1. The lowest BCUT2D eigenvalue weighted by molar-refractivity contribution is -0.151. The molecular formula is C30H36N4O4S. The van der Waals surface area contributed by atoms with Crippen LogP contribution in [0.25, 0.3) is 16.8 Å². The molecule has 0 aliphatic carbocycles. The van der Waals surface area contributed by atoms with Gasteiger partial charge in [0, 0.05) is 23.4 Å². The number of esters is 1. The SMILES string of the molecule is C=CCCc1csc(N[C@H](C(=O)N2C[C@H](Oc3nccc4ccc(C=C)cc34)C[C@H]2C(=O)OC)C(C)(C)C)n1. The van der Waals surface area contributed by atoms with Crippen LogP contribution in [0.2, 0.25) is 0 Å². The van der Waals surface area contributed by atoms with Crippen LogP contribution in [0, 0.1) is 5.41 Å². The molecule has 39 heavy (non-hydrogen) atoms. The molecule has 1 fully saturated rings. The minimum absolute atomic E-state index is 0.202. The fraction of sp³-hybridized carbons (Fsp3) is 0.400. The van der Waals surface area contributed by atoms with Crippen LogP contribution in [-0.2, 0) is 20.7 Å². The summed E-state index contributed by atoms with van der Waals surface area (Å²) in [6, 6.07) is 6.47. The van der Waals surface area contributed by atoms with Gasteiger partial charge in [-0.1, -0.05) is 51.6 Å². The number of ether oxygens (including phenoxy) is 2. The van der Waals surface area contributed by atoms with Crippen LogP contribution in [0.5, 0.6) is 5.88 Å². The van der Waals surface area contributed by atoms with E-state index in [1.165, 1.54) is 18.4 Å². The van der Waals surface area contributed by atoms with Gasteiger partial charge < -0.3 is 19.7 Å². The Balaban J connectivity index is 1.58. The molecule has 3 heterocycles. The van der Waals surface area contributed by atoms with Crippen molar-refractivity contribution in [1.82, 2.24) is 14.9 Å². The lowest BCUT2D eigenvalue weighted by Crippen LogP contribution is -2.52. The van der Waals surface area contributed by atoms with Gasteiger partial charge in [0.25, 0.3) is 0 Å². The number of carbonyl (C=O) groups is 2. The molecule has 0 saturated carbocycles. The van der Waals surface area contributed by atoms with Crippen LogP contribution in [0.15, 0.2) is 55.1 Å². The third-order valence-corrected chi connectivity index (χ3v) is 7.65. The highest BCUT2D eigenvalue weighted by molar-refractivity contribution is 7.13. The molecule has 1 saturated heterocycles. The second-order valence-electron chi connectivity index (χ2n) is 10.7. The molecule has 4 rings (SSSR count). The Kier molecular flexibility index (Phi) is 8.70. The Morgan fingerprint density at radius 3 is 2.77 bits per heavy atom. The van der Waals surface area contributed by atoms with E-state index in [0.717, 1.165) is 34.9 Å². The van der Waals surface area contributed by atoms with E-state index in [4.69, 9.17) is 9.47 Å². The summed E-state index contributed by atoms with van der Waals surface area (Å²) in [5.74, 6) is -0.214. The maximum atomic E-state index is 14.0. The minimum Gasteiger partial charge on any atom is -0.472 e. The average Bonchev–Trinajstić information content (AvgIpc) is 3.56. The topological polar surface area (TPSA) is 93.7 Å². The first-order valence-corrected chi connectivity index (χ1v) is 13.9. The van der Waals surface area contributed by atoms with Crippen molar-refractivity contribution in [2.75, 3.05) is 19.0 Å². The summed E-state index contributed by atoms with van der Waals surface area (Å²) in [5, 5.41) is 7.83. The maximum Gasteiger partial charge on any atom is 0.328 e. The van der Waals surface area contributed by atoms with Crippen molar-refractivity contribution >= 4 is 45.2 Å². The van der Waals surface area contributed by atoms with Crippen LogP contribution in [-0.4, -0.2) is 58.6 Å². The first-order chi connectivity index (χ1) is 18.6. The van der Waals surface area contributed by atoms with Crippen LogP contribution in [0.1, 0.15) is 44.9 Å². The molecule has 2 aromatic heterocycles. The van der Waals surface area contributed by atoms with Crippen molar-refractivity contribution in [1.29, 1.82) is 0 Å².